The molecule has 0 spiro atoms. The van der Waals surface area contributed by atoms with E-state index in [1.807, 2.05) is 54.2 Å². The number of hydrogen-bond donors (Lipinski definition) is 0. The molecule has 0 atom stereocenters. The molecule has 2 aromatic carbocycles. The summed E-state index contributed by atoms with van der Waals surface area (Å²) < 4.78 is 3.98. The highest BCUT2D eigenvalue weighted by atomic mass is 79.9. The SMILES string of the molecule is CCN=c1scc(-c2ccc(Br)cc2)n1N=Cc1ccccc1Br. The summed E-state index contributed by atoms with van der Waals surface area (Å²) in [6.45, 7) is 2.76. The van der Waals surface area contributed by atoms with E-state index in [1.54, 1.807) is 11.3 Å². The van der Waals surface area contributed by atoms with Gasteiger partial charge < -0.3 is 0 Å². The zero-order valence-electron chi connectivity index (χ0n) is 13.0. The van der Waals surface area contributed by atoms with Crippen LogP contribution < -0.4 is 4.80 Å². The highest BCUT2D eigenvalue weighted by molar-refractivity contribution is 9.10. The van der Waals surface area contributed by atoms with E-state index in [2.05, 4.69) is 59.5 Å². The summed E-state index contributed by atoms with van der Waals surface area (Å²) in [7, 11) is 0. The van der Waals surface area contributed by atoms with Crippen LogP contribution in [0.3, 0.4) is 0 Å². The van der Waals surface area contributed by atoms with E-state index >= 15 is 0 Å². The van der Waals surface area contributed by atoms with Crippen LogP contribution in [-0.4, -0.2) is 17.4 Å². The van der Waals surface area contributed by atoms with Crippen LogP contribution in [0.15, 0.2) is 73.0 Å². The number of nitrogens with zero attached hydrogens (tertiary/aromatic N) is 3. The van der Waals surface area contributed by atoms with Gasteiger partial charge in [-0.3, -0.25) is 4.99 Å². The quantitative estimate of drug-likeness (QED) is 0.453. The third-order valence-electron chi connectivity index (χ3n) is 3.34. The summed E-state index contributed by atoms with van der Waals surface area (Å²) in [5.74, 6) is 0. The second kappa shape index (κ2) is 8.05. The van der Waals surface area contributed by atoms with Gasteiger partial charge in [-0.05, 0) is 25.1 Å². The molecule has 0 saturated heterocycles. The zero-order valence-corrected chi connectivity index (χ0v) is 17.0. The van der Waals surface area contributed by atoms with Crippen LogP contribution in [0.25, 0.3) is 11.3 Å². The molecule has 6 heteroatoms. The standard InChI is InChI=1S/C18H15Br2N3S/c1-2-21-18-23(22-11-14-5-3-4-6-16(14)20)17(12-24-18)13-7-9-15(19)10-8-13/h3-12H,2H2,1H3. The largest absolute Gasteiger partial charge is 0.258 e. The van der Waals surface area contributed by atoms with Crippen molar-refractivity contribution < 1.29 is 0 Å². The Morgan fingerprint density at radius 3 is 2.54 bits per heavy atom. The lowest BCUT2D eigenvalue weighted by molar-refractivity contribution is 0.833. The van der Waals surface area contributed by atoms with Gasteiger partial charge in [0.05, 0.1) is 11.9 Å². The molecular formula is C18H15Br2N3S. The maximum atomic E-state index is 4.68. The van der Waals surface area contributed by atoms with Crippen molar-refractivity contribution in [2.75, 3.05) is 6.54 Å². The summed E-state index contributed by atoms with van der Waals surface area (Å²) in [5.41, 5.74) is 3.17. The van der Waals surface area contributed by atoms with Crippen LogP contribution in [0.2, 0.25) is 0 Å². The van der Waals surface area contributed by atoms with Gasteiger partial charge in [0.2, 0.25) is 4.80 Å². The lowest BCUT2D eigenvalue weighted by Crippen LogP contribution is -2.12. The summed E-state index contributed by atoms with van der Waals surface area (Å²) in [4.78, 5) is 5.44. The topological polar surface area (TPSA) is 29.6 Å². The van der Waals surface area contributed by atoms with Gasteiger partial charge in [-0.2, -0.15) is 5.10 Å². The van der Waals surface area contributed by atoms with Crippen LogP contribution in [0.1, 0.15) is 12.5 Å². The molecule has 122 valence electrons. The predicted molar refractivity (Wildman–Crippen MR) is 109 cm³/mol. The first kappa shape index (κ1) is 17.3. The molecular weight excluding hydrogens is 450 g/mol. The molecule has 0 unspecified atom stereocenters. The Bertz CT molecular complexity index is 924. The first-order valence-electron chi connectivity index (χ1n) is 7.45. The summed E-state index contributed by atoms with van der Waals surface area (Å²) in [5, 5.41) is 6.77. The fourth-order valence-electron chi connectivity index (χ4n) is 2.17. The lowest BCUT2D eigenvalue weighted by atomic mass is 10.2. The van der Waals surface area contributed by atoms with Crippen LogP contribution in [0, 0.1) is 0 Å². The Hall–Kier alpha value is -1.50. The van der Waals surface area contributed by atoms with Crippen LogP contribution in [0.5, 0.6) is 0 Å². The molecule has 0 amide bonds. The van der Waals surface area contributed by atoms with Crippen molar-refractivity contribution in [3.8, 4) is 11.3 Å². The summed E-state index contributed by atoms with van der Waals surface area (Å²) in [6.07, 6.45) is 1.86. The number of thiazole rings is 1. The molecule has 0 saturated carbocycles. The van der Waals surface area contributed by atoms with Crippen LogP contribution in [-0.2, 0) is 0 Å². The highest BCUT2D eigenvalue weighted by Crippen LogP contribution is 2.22. The molecule has 1 aromatic heterocycles. The Morgan fingerprint density at radius 2 is 1.83 bits per heavy atom. The maximum absolute atomic E-state index is 4.68. The molecule has 0 fully saturated rings. The molecule has 0 radical (unpaired) electrons. The maximum Gasteiger partial charge on any atom is 0.206 e. The van der Waals surface area contributed by atoms with Crippen LogP contribution >= 0.6 is 43.2 Å². The summed E-state index contributed by atoms with van der Waals surface area (Å²) >= 11 is 8.63. The van der Waals surface area contributed by atoms with Crippen molar-refractivity contribution in [3.05, 3.63) is 73.2 Å². The van der Waals surface area contributed by atoms with Gasteiger partial charge in [-0.15, -0.1) is 11.3 Å². The van der Waals surface area contributed by atoms with E-state index in [0.717, 1.165) is 37.1 Å². The second-order valence-corrected chi connectivity index (χ2v) is 7.57. The van der Waals surface area contributed by atoms with E-state index in [4.69, 9.17) is 0 Å². The first-order valence-corrected chi connectivity index (χ1v) is 9.91. The number of aromatic nitrogens is 1. The van der Waals surface area contributed by atoms with Gasteiger partial charge in [0, 0.05) is 32.0 Å². The molecule has 3 nitrogen and oxygen atoms in total. The first-order chi connectivity index (χ1) is 11.7. The van der Waals surface area contributed by atoms with E-state index in [1.165, 1.54) is 0 Å². The molecule has 1 heterocycles. The minimum absolute atomic E-state index is 0.727. The monoisotopic (exact) mass is 463 g/mol. The second-order valence-electron chi connectivity index (χ2n) is 4.96. The highest BCUT2D eigenvalue weighted by Gasteiger charge is 2.07. The molecule has 24 heavy (non-hydrogen) atoms. The molecule has 0 aliphatic carbocycles. The zero-order chi connectivity index (χ0) is 16.9. The third-order valence-corrected chi connectivity index (χ3v) is 5.44. The molecule has 0 bridgehead atoms. The fraction of sp³-hybridized carbons (Fsp3) is 0.111. The van der Waals surface area contributed by atoms with E-state index < -0.39 is 0 Å². The van der Waals surface area contributed by atoms with Crippen molar-refractivity contribution in [2.45, 2.75) is 6.92 Å². The smallest absolute Gasteiger partial charge is 0.206 e. The van der Waals surface area contributed by atoms with Gasteiger partial charge >= 0.3 is 0 Å². The Balaban J connectivity index is 2.08. The summed E-state index contributed by atoms with van der Waals surface area (Å²) in [6, 6.07) is 16.2. The molecule has 0 N–H and O–H groups in total. The average Bonchev–Trinajstić information content (AvgIpc) is 2.98. The number of halogens is 2. The van der Waals surface area contributed by atoms with E-state index in [0.29, 0.717) is 0 Å². The molecule has 0 aliphatic rings. The van der Waals surface area contributed by atoms with Crippen molar-refractivity contribution in [1.29, 1.82) is 0 Å². The fourth-order valence-corrected chi connectivity index (χ4v) is 3.73. The lowest BCUT2D eigenvalue weighted by Gasteiger charge is -2.04. The Morgan fingerprint density at radius 1 is 1.08 bits per heavy atom. The van der Waals surface area contributed by atoms with Gasteiger partial charge in [0.15, 0.2) is 0 Å². The number of hydrogen-bond acceptors (Lipinski definition) is 3. The molecule has 0 aliphatic heterocycles. The van der Waals surface area contributed by atoms with Crippen molar-refractivity contribution in [2.24, 2.45) is 10.1 Å². The number of benzene rings is 2. The number of rotatable bonds is 4. The minimum Gasteiger partial charge on any atom is -0.258 e. The minimum atomic E-state index is 0.727. The van der Waals surface area contributed by atoms with Crippen molar-refractivity contribution >= 4 is 49.4 Å². The predicted octanol–water partition coefficient (Wildman–Crippen LogP) is 5.54. The third kappa shape index (κ3) is 3.94. The van der Waals surface area contributed by atoms with Gasteiger partial charge in [0.1, 0.15) is 0 Å². The van der Waals surface area contributed by atoms with Crippen molar-refractivity contribution in [3.63, 3.8) is 0 Å². The van der Waals surface area contributed by atoms with Crippen molar-refractivity contribution in [1.82, 2.24) is 4.68 Å². The van der Waals surface area contributed by atoms with E-state index in [-0.39, 0.29) is 0 Å². The normalized spacial score (nSPS) is 12.2. The molecule has 3 rings (SSSR count). The van der Waals surface area contributed by atoms with Gasteiger partial charge in [-0.1, -0.05) is 62.2 Å². The molecule has 3 aromatic rings. The van der Waals surface area contributed by atoms with E-state index in [9.17, 15) is 0 Å². The van der Waals surface area contributed by atoms with Gasteiger partial charge in [0.25, 0.3) is 0 Å². The average molecular weight is 465 g/mol. The Kier molecular flexibility index (Phi) is 5.81. The Labute approximate surface area is 161 Å². The van der Waals surface area contributed by atoms with Gasteiger partial charge in [-0.25, -0.2) is 4.68 Å². The van der Waals surface area contributed by atoms with Crippen LogP contribution in [0.4, 0.5) is 0 Å².